The molecule has 1 heterocycles. The van der Waals surface area contributed by atoms with Crippen LogP contribution < -0.4 is 0 Å². The molecule has 78 valence electrons. The van der Waals surface area contributed by atoms with E-state index in [-0.39, 0.29) is 0 Å². The van der Waals surface area contributed by atoms with E-state index in [4.69, 9.17) is 0 Å². The monoisotopic (exact) mass is 192 g/mol. The predicted octanol–water partition coefficient (Wildman–Crippen LogP) is 3.30. The highest BCUT2D eigenvalue weighted by Gasteiger charge is 1.95. The normalized spacial score (nSPS) is 10.4. The van der Waals surface area contributed by atoms with Crippen LogP contribution in [0.2, 0.25) is 0 Å². The van der Waals surface area contributed by atoms with Gasteiger partial charge < -0.3 is 0 Å². The molecule has 0 saturated carbocycles. The van der Waals surface area contributed by atoms with Gasteiger partial charge in [0.1, 0.15) is 6.33 Å². The molecule has 1 rings (SSSR count). The summed E-state index contributed by atoms with van der Waals surface area (Å²) in [5.41, 5.74) is 2.26. The molecule has 2 nitrogen and oxygen atoms in total. The summed E-state index contributed by atoms with van der Waals surface area (Å²) in [4.78, 5) is 8.33. The number of hydrogen-bond acceptors (Lipinski definition) is 2. The lowest BCUT2D eigenvalue weighted by Crippen LogP contribution is -1.93. The second kappa shape index (κ2) is 6.52. The Labute approximate surface area is 86.8 Å². The predicted molar refractivity (Wildman–Crippen MR) is 59.2 cm³/mol. The maximum atomic E-state index is 4.25. The third-order valence-electron chi connectivity index (χ3n) is 2.40. The van der Waals surface area contributed by atoms with E-state index in [0.717, 1.165) is 12.1 Å². The van der Waals surface area contributed by atoms with Crippen molar-refractivity contribution >= 4 is 0 Å². The van der Waals surface area contributed by atoms with Crippen LogP contribution in [-0.2, 0) is 6.42 Å². The highest BCUT2D eigenvalue weighted by atomic mass is 14.8. The van der Waals surface area contributed by atoms with Gasteiger partial charge in [-0.15, -0.1) is 0 Å². The average molecular weight is 192 g/mol. The molecule has 14 heavy (non-hydrogen) atoms. The van der Waals surface area contributed by atoms with E-state index in [9.17, 15) is 0 Å². The van der Waals surface area contributed by atoms with E-state index >= 15 is 0 Å². The van der Waals surface area contributed by atoms with Gasteiger partial charge in [-0.05, 0) is 25.8 Å². The van der Waals surface area contributed by atoms with Crippen molar-refractivity contribution in [2.45, 2.75) is 52.4 Å². The molecule has 0 radical (unpaired) electrons. The Morgan fingerprint density at radius 3 is 2.57 bits per heavy atom. The van der Waals surface area contributed by atoms with Gasteiger partial charge in [0.2, 0.25) is 0 Å². The van der Waals surface area contributed by atoms with Gasteiger partial charge in [0.15, 0.2) is 0 Å². The van der Waals surface area contributed by atoms with E-state index in [0.29, 0.717) is 0 Å². The van der Waals surface area contributed by atoms with Crippen molar-refractivity contribution in [2.75, 3.05) is 0 Å². The lowest BCUT2D eigenvalue weighted by Gasteiger charge is -2.01. The number of hydrogen-bond donors (Lipinski definition) is 0. The average Bonchev–Trinajstić information content (AvgIpc) is 2.18. The first-order valence-corrected chi connectivity index (χ1v) is 5.60. The zero-order valence-corrected chi connectivity index (χ0v) is 9.29. The standard InChI is InChI=1S/C12H20N2/c1-3-4-5-6-7-8-12-9-11(2)13-10-14-12/h9-10H,3-8H2,1-2H3. The number of nitrogens with zero attached hydrogens (tertiary/aromatic N) is 2. The van der Waals surface area contributed by atoms with Gasteiger partial charge in [-0.1, -0.05) is 32.6 Å². The smallest absolute Gasteiger partial charge is 0.115 e. The number of unbranched alkanes of at least 4 members (excludes halogenated alkanes) is 4. The molecule has 1 aromatic heterocycles. The summed E-state index contributed by atoms with van der Waals surface area (Å²) >= 11 is 0. The fourth-order valence-electron chi connectivity index (χ4n) is 1.56. The highest BCUT2D eigenvalue weighted by Crippen LogP contribution is 2.07. The molecule has 0 amide bonds. The van der Waals surface area contributed by atoms with Gasteiger partial charge >= 0.3 is 0 Å². The molecule has 0 aliphatic carbocycles. The van der Waals surface area contributed by atoms with Crippen LogP contribution in [0.15, 0.2) is 12.4 Å². The SMILES string of the molecule is CCCCCCCc1cc(C)ncn1. The van der Waals surface area contributed by atoms with Crippen LogP contribution in [-0.4, -0.2) is 9.97 Å². The maximum absolute atomic E-state index is 4.25. The second-order valence-electron chi connectivity index (χ2n) is 3.81. The van der Waals surface area contributed by atoms with Gasteiger partial charge in [-0.2, -0.15) is 0 Å². The largest absolute Gasteiger partial charge is 0.242 e. The van der Waals surface area contributed by atoms with Crippen molar-refractivity contribution in [3.05, 3.63) is 23.8 Å². The number of rotatable bonds is 6. The molecule has 0 aromatic carbocycles. The molecule has 2 heteroatoms. The summed E-state index contributed by atoms with van der Waals surface area (Å²) in [5.74, 6) is 0. The first-order valence-electron chi connectivity index (χ1n) is 5.60. The van der Waals surface area contributed by atoms with E-state index in [2.05, 4.69) is 23.0 Å². The van der Waals surface area contributed by atoms with Crippen LogP contribution in [0, 0.1) is 6.92 Å². The van der Waals surface area contributed by atoms with E-state index in [1.807, 2.05) is 6.92 Å². The second-order valence-corrected chi connectivity index (χ2v) is 3.81. The molecule has 0 saturated heterocycles. The fraction of sp³-hybridized carbons (Fsp3) is 0.667. The number of aryl methyl sites for hydroxylation is 2. The molecule has 0 atom stereocenters. The quantitative estimate of drug-likeness (QED) is 0.646. The van der Waals surface area contributed by atoms with E-state index in [1.54, 1.807) is 6.33 Å². The lowest BCUT2D eigenvalue weighted by atomic mass is 10.1. The molecule has 0 N–H and O–H groups in total. The first kappa shape index (κ1) is 11.2. The van der Waals surface area contributed by atoms with Crippen LogP contribution in [0.1, 0.15) is 50.4 Å². The fourth-order valence-corrected chi connectivity index (χ4v) is 1.56. The van der Waals surface area contributed by atoms with Gasteiger partial charge in [0.25, 0.3) is 0 Å². The van der Waals surface area contributed by atoms with Crippen molar-refractivity contribution in [1.82, 2.24) is 9.97 Å². The minimum atomic E-state index is 1.07. The Morgan fingerprint density at radius 1 is 1.07 bits per heavy atom. The van der Waals surface area contributed by atoms with Crippen LogP contribution in [0.25, 0.3) is 0 Å². The summed E-state index contributed by atoms with van der Waals surface area (Å²) in [6.45, 7) is 4.26. The Morgan fingerprint density at radius 2 is 1.86 bits per heavy atom. The minimum Gasteiger partial charge on any atom is -0.242 e. The molecule has 0 aliphatic heterocycles. The van der Waals surface area contributed by atoms with Crippen LogP contribution in [0.3, 0.4) is 0 Å². The van der Waals surface area contributed by atoms with Crippen molar-refractivity contribution in [1.29, 1.82) is 0 Å². The summed E-state index contributed by atoms with van der Waals surface area (Å²) in [6, 6.07) is 2.08. The van der Waals surface area contributed by atoms with Crippen molar-refractivity contribution in [3.8, 4) is 0 Å². The van der Waals surface area contributed by atoms with Crippen LogP contribution in [0.5, 0.6) is 0 Å². The van der Waals surface area contributed by atoms with Crippen molar-refractivity contribution < 1.29 is 0 Å². The summed E-state index contributed by atoms with van der Waals surface area (Å²) < 4.78 is 0. The van der Waals surface area contributed by atoms with Crippen LogP contribution >= 0.6 is 0 Å². The molecule has 0 fully saturated rings. The van der Waals surface area contributed by atoms with Crippen molar-refractivity contribution in [3.63, 3.8) is 0 Å². The Balaban J connectivity index is 2.18. The Hall–Kier alpha value is -0.920. The Bertz CT molecular complexity index is 258. The Kier molecular flexibility index (Phi) is 5.20. The van der Waals surface area contributed by atoms with Crippen LogP contribution in [0.4, 0.5) is 0 Å². The summed E-state index contributed by atoms with van der Waals surface area (Å²) in [5, 5.41) is 0. The number of aromatic nitrogens is 2. The van der Waals surface area contributed by atoms with Gasteiger partial charge in [0.05, 0.1) is 0 Å². The molecule has 0 spiro atoms. The minimum absolute atomic E-state index is 1.07. The lowest BCUT2D eigenvalue weighted by molar-refractivity contribution is 0.627. The van der Waals surface area contributed by atoms with Crippen molar-refractivity contribution in [2.24, 2.45) is 0 Å². The zero-order valence-electron chi connectivity index (χ0n) is 9.29. The van der Waals surface area contributed by atoms with Gasteiger partial charge in [-0.3, -0.25) is 0 Å². The zero-order chi connectivity index (χ0) is 10.2. The molecule has 0 aliphatic rings. The topological polar surface area (TPSA) is 25.8 Å². The van der Waals surface area contributed by atoms with E-state index in [1.165, 1.54) is 37.8 Å². The third kappa shape index (κ3) is 4.35. The summed E-state index contributed by atoms with van der Waals surface area (Å²) in [6.07, 6.45) is 9.40. The first-order chi connectivity index (χ1) is 6.83. The molecule has 0 bridgehead atoms. The van der Waals surface area contributed by atoms with Gasteiger partial charge in [-0.25, -0.2) is 9.97 Å². The molecule has 1 aromatic rings. The van der Waals surface area contributed by atoms with Gasteiger partial charge in [0, 0.05) is 11.4 Å². The van der Waals surface area contributed by atoms with E-state index < -0.39 is 0 Å². The molecular weight excluding hydrogens is 172 g/mol. The summed E-state index contributed by atoms with van der Waals surface area (Å²) in [7, 11) is 0. The third-order valence-corrected chi connectivity index (χ3v) is 2.40. The maximum Gasteiger partial charge on any atom is 0.115 e. The molecular formula is C12H20N2. The highest BCUT2D eigenvalue weighted by molar-refractivity contribution is 5.06. The molecule has 0 unspecified atom stereocenters.